The van der Waals surface area contributed by atoms with Crippen molar-refractivity contribution in [1.82, 2.24) is 0 Å². The van der Waals surface area contributed by atoms with E-state index < -0.39 is 0 Å². The predicted molar refractivity (Wildman–Crippen MR) is 63.9 cm³/mol. The molecule has 1 aromatic carbocycles. The molecule has 0 saturated heterocycles. The number of allylic oxidation sites excluding steroid dienone is 2. The summed E-state index contributed by atoms with van der Waals surface area (Å²) >= 11 is 5.93. The molecule has 1 atom stereocenters. The van der Waals surface area contributed by atoms with Crippen LogP contribution in [0.5, 0.6) is 5.75 Å². The standard InChI is InChI=1S/C13H13ClO2/c1-16-13-4-2-9(3-5-13)10-6-11(14)8-12(15)7-10/h2-5,8,10H,6-7H2,1H3/t10-/m0/s1. The van der Waals surface area contributed by atoms with E-state index in [-0.39, 0.29) is 11.7 Å². The molecule has 1 aliphatic carbocycles. The molecule has 0 radical (unpaired) electrons. The van der Waals surface area contributed by atoms with Crippen molar-refractivity contribution in [3.8, 4) is 5.75 Å². The SMILES string of the molecule is COc1ccc([C@@H]2CC(=O)C=C(Cl)C2)cc1. The number of methoxy groups -OCH3 is 1. The first-order valence-electron chi connectivity index (χ1n) is 5.22. The molecule has 0 fully saturated rings. The Kier molecular flexibility index (Phi) is 3.30. The van der Waals surface area contributed by atoms with Crippen molar-refractivity contribution in [2.24, 2.45) is 0 Å². The maximum Gasteiger partial charge on any atom is 0.157 e. The number of benzene rings is 1. The highest BCUT2D eigenvalue weighted by Crippen LogP contribution is 2.33. The van der Waals surface area contributed by atoms with Gasteiger partial charge in [0.15, 0.2) is 5.78 Å². The highest BCUT2D eigenvalue weighted by atomic mass is 35.5. The molecular weight excluding hydrogens is 224 g/mol. The highest BCUT2D eigenvalue weighted by molar-refractivity contribution is 6.31. The number of halogens is 1. The second-order valence-corrected chi connectivity index (χ2v) is 4.42. The molecule has 0 unspecified atom stereocenters. The van der Waals surface area contributed by atoms with Crippen LogP contribution in [0, 0.1) is 0 Å². The monoisotopic (exact) mass is 236 g/mol. The quantitative estimate of drug-likeness (QED) is 0.788. The van der Waals surface area contributed by atoms with E-state index in [4.69, 9.17) is 16.3 Å². The minimum Gasteiger partial charge on any atom is -0.497 e. The molecule has 1 aromatic rings. The first-order chi connectivity index (χ1) is 7.69. The van der Waals surface area contributed by atoms with Crippen molar-refractivity contribution >= 4 is 17.4 Å². The van der Waals surface area contributed by atoms with Crippen LogP contribution in [-0.4, -0.2) is 12.9 Å². The summed E-state index contributed by atoms with van der Waals surface area (Å²) in [5.74, 6) is 1.14. The van der Waals surface area contributed by atoms with Crippen LogP contribution in [0.3, 0.4) is 0 Å². The molecule has 2 nitrogen and oxygen atoms in total. The third kappa shape index (κ3) is 2.45. The van der Waals surface area contributed by atoms with Gasteiger partial charge in [0, 0.05) is 11.5 Å². The van der Waals surface area contributed by atoms with Gasteiger partial charge in [-0.05, 0) is 36.1 Å². The van der Waals surface area contributed by atoms with Gasteiger partial charge in [-0.1, -0.05) is 23.7 Å². The van der Waals surface area contributed by atoms with Crippen LogP contribution in [0.2, 0.25) is 0 Å². The first-order valence-corrected chi connectivity index (χ1v) is 5.59. The van der Waals surface area contributed by atoms with Gasteiger partial charge >= 0.3 is 0 Å². The van der Waals surface area contributed by atoms with Crippen molar-refractivity contribution in [3.05, 3.63) is 40.9 Å². The van der Waals surface area contributed by atoms with Gasteiger partial charge in [-0.3, -0.25) is 4.79 Å². The summed E-state index contributed by atoms with van der Waals surface area (Å²) in [4.78, 5) is 11.4. The smallest absolute Gasteiger partial charge is 0.157 e. The summed E-state index contributed by atoms with van der Waals surface area (Å²) in [7, 11) is 1.64. The fourth-order valence-corrected chi connectivity index (χ4v) is 2.26. The Labute approximate surface area is 99.9 Å². The van der Waals surface area contributed by atoms with Crippen molar-refractivity contribution in [3.63, 3.8) is 0 Å². The summed E-state index contributed by atoms with van der Waals surface area (Å²) in [6.07, 6.45) is 2.82. The predicted octanol–water partition coefficient (Wildman–Crippen LogP) is 3.26. The Balaban J connectivity index is 2.18. The minimum atomic E-state index is 0.108. The molecule has 0 aliphatic heterocycles. The summed E-state index contributed by atoms with van der Waals surface area (Å²) in [5.41, 5.74) is 1.14. The highest BCUT2D eigenvalue weighted by Gasteiger charge is 2.21. The van der Waals surface area contributed by atoms with Crippen molar-refractivity contribution in [2.45, 2.75) is 18.8 Å². The first kappa shape index (κ1) is 11.2. The topological polar surface area (TPSA) is 26.3 Å². The van der Waals surface area contributed by atoms with E-state index in [0.29, 0.717) is 11.5 Å². The van der Waals surface area contributed by atoms with Crippen LogP contribution in [0.15, 0.2) is 35.4 Å². The van der Waals surface area contributed by atoms with Crippen LogP contribution in [0.1, 0.15) is 24.3 Å². The number of ether oxygens (including phenoxy) is 1. The lowest BCUT2D eigenvalue weighted by atomic mass is 9.87. The number of ketones is 1. The maximum absolute atomic E-state index is 11.4. The number of rotatable bonds is 2. The Bertz CT molecular complexity index is 420. The van der Waals surface area contributed by atoms with Crippen LogP contribution < -0.4 is 4.74 Å². The number of carbonyl (C=O) groups is 1. The van der Waals surface area contributed by atoms with E-state index in [2.05, 4.69) is 0 Å². The molecule has 0 bridgehead atoms. The Morgan fingerprint density at radius 1 is 1.25 bits per heavy atom. The van der Waals surface area contributed by atoms with E-state index in [1.165, 1.54) is 6.08 Å². The van der Waals surface area contributed by atoms with Gasteiger partial charge in [-0.15, -0.1) is 0 Å². The Morgan fingerprint density at radius 2 is 1.94 bits per heavy atom. The lowest BCUT2D eigenvalue weighted by molar-refractivity contribution is -0.115. The van der Waals surface area contributed by atoms with Crippen LogP contribution >= 0.6 is 11.6 Å². The molecule has 2 rings (SSSR count). The molecule has 84 valence electrons. The van der Waals surface area contributed by atoms with Gasteiger partial charge < -0.3 is 4.74 Å². The average molecular weight is 237 g/mol. The molecule has 0 heterocycles. The fraction of sp³-hybridized carbons (Fsp3) is 0.308. The van der Waals surface area contributed by atoms with Crippen LogP contribution in [0.4, 0.5) is 0 Å². The molecule has 3 heteroatoms. The Morgan fingerprint density at radius 3 is 2.50 bits per heavy atom. The van der Waals surface area contributed by atoms with E-state index in [0.717, 1.165) is 17.7 Å². The van der Waals surface area contributed by atoms with E-state index in [9.17, 15) is 4.79 Å². The number of carbonyl (C=O) groups excluding carboxylic acids is 1. The van der Waals surface area contributed by atoms with Crippen LogP contribution in [-0.2, 0) is 4.79 Å². The van der Waals surface area contributed by atoms with Gasteiger partial charge in [0.1, 0.15) is 5.75 Å². The lowest BCUT2D eigenvalue weighted by Crippen LogP contribution is -2.10. The van der Waals surface area contributed by atoms with Gasteiger partial charge in [0.25, 0.3) is 0 Å². The van der Waals surface area contributed by atoms with Gasteiger partial charge in [-0.25, -0.2) is 0 Å². The zero-order chi connectivity index (χ0) is 11.5. The third-order valence-corrected chi connectivity index (χ3v) is 3.06. The third-order valence-electron chi connectivity index (χ3n) is 2.79. The lowest BCUT2D eigenvalue weighted by Gasteiger charge is -2.19. The van der Waals surface area contributed by atoms with E-state index >= 15 is 0 Å². The largest absolute Gasteiger partial charge is 0.497 e. The van der Waals surface area contributed by atoms with E-state index in [1.807, 2.05) is 24.3 Å². The summed E-state index contributed by atoms with van der Waals surface area (Å²) in [6.45, 7) is 0. The van der Waals surface area contributed by atoms with Crippen molar-refractivity contribution in [2.75, 3.05) is 7.11 Å². The van der Waals surface area contributed by atoms with E-state index in [1.54, 1.807) is 7.11 Å². The van der Waals surface area contributed by atoms with Gasteiger partial charge in [0.2, 0.25) is 0 Å². The second-order valence-electron chi connectivity index (χ2n) is 3.94. The summed E-state index contributed by atoms with van der Waals surface area (Å²) in [5, 5.41) is 0.650. The Hall–Kier alpha value is -1.28. The minimum absolute atomic E-state index is 0.108. The van der Waals surface area contributed by atoms with Crippen LogP contribution in [0.25, 0.3) is 0 Å². The number of hydrogen-bond acceptors (Lipinski definition) is 2. The normalized spacial score (nSPS) is 20.5. The fourth-order valence-electron chi connectivity index (χ4n) is 1.95. The molecule has 1 aliphatic rings. The summed E-state index contributed by atoms with van der Waals surface area (Å²) in [6, 6.07) is 7.80. The van der Waals surface area contributed by atoms with Crippen molar-refractivity contribution < 1.29 is 9.53 Å². The molecule has 0 saturated carbocycles. The average Bonchev–Trinajstić information content (AvgIpc) is 2.28. The summed E-state index contributed by atoms with van der Waals surface area (Å²) < 4.78 is 5.09. The number of hydrogen-bond donors (Lipinski definition) is 0. The molecule has 16 heavy (non-hydrogen) atoms. The van der Waals surface area contributed by atoms with Gasteiger partial charge in [0.05, 0.1) is 7.11 Å². The molecule has 0 N–H and O–H groups in total. The molecule has 0 aromatic heterocycles. The zero-order valence-electron chi connectivity index (χ0n) is 9.07. The van der Waals surface area contributed by atoms with Crippen molar-refractivity contribution in [1.29, 1.82) is 0 Å². The molecular formula is C13H13ClO2. The zero-order valence-corrected chi connectivity index (χ0v) is 9.83. The second kappa shape index (κ2) is 4.71. The molecule has 0 amide bonds. The maximum atomic E-state index is 11.4. The van der Waals surface area contributed by atoms with Gasteiger partial charge in [-0.2, -0.15) is 0 Å². The molecule has 0 spiro atoms.